The zero-order valence-corrected chi connectivity index (χ0v) is 36.3. The van der Waals surface area contributed by atoms with Crippen molar-refractivity contribution in [3.63, 3.8) is 0 Å². The molecule has 0 unspecified atom stereocenters. The highest BCUT2D eigenvalue weighted by molar-refractivity contribution is 5.84. The molecule has 0 heterocycles. The van der Waals surface area contributed by atoms with Gasteiger partial charge in [0.1, 0.15) is 0 Å². The third-order valence-corrected chi connectivity index (χ3v) is 9.97. The minimum absolute atomic E-state index is 0.0326. The van der Waals surface area contributed by atoms with Gasteiger partial charge >= 0.3 is 0 Å². The summed E-state index contributed by atoms with van der Waals surface area (Å²) in [6.45, 7) is 20.9. The molecular formula is C56H52N6. The number of benzene rings is 7. The molecule has 0 aliphatic carbocycles. The molecule has 0 amide bonds. The first-order valence-corrected chi connectivity index (χ1v) is 20.8. The van der Waals surface area contributed by atoms with Crippen molar-refractivity contribution in [1.29, 1.82) is 5.26 Å². The van der Waals surface area contributed by atoms with Gasteiger partial charge in [0, 0.05) is 56.6 Å². The number of rotatable bonds is 12. The molecule has 6 heteroatoms. The number of nitriles is 1. The van der Waals surface area contributed by atoms with Crippen LogP contribution >= 0.6 is 0 Å². The lowest BCUT2D eigenvalue weighted by Gasteiger charge is -2.27. The monoisotopic (exact) mass is 808 g/mol. The Bertz CT molecular complexity index is 2530. The molecule has 0 radical (unpaired) electrons. The zero-order valence-electron chi connectivity index (χ0n) is 36.3. The molecule has 0 fully saturated rings. The topological polar surface area (TPSA) is 58.7 Å². The van der Waals surface area contributed by atoms with Crippen LogP contribution in [0.1, 0.15) is 69.4 Å². The van der Waals surface area contributed by atoms with Crippen molar-refractivity contribution in [1.82, 2.24) is 0 Å². The van der Waals surface area contributed by atoms with E-state index in [1.807, 2.05) is 60.7 Å². The quantitative estimate of drug-likeness (QED) is 0.0951. The van der Waals surface area contributed by atoms with E-state index >= 15 is 0 Å². The highest BCUT2D eigenvalue weighted by Crippen LogP contribution is 2.37. The first kappa shape index (κ1) is 42.3. The lowest BCUT2D eigenvalue weighted by atomic mass is 10.0. The summed E-state index contributed by atoms with van der Waals surface area (Å²) in [6.07, 6.45) is 7.80. The van der Waals surface area contributed by atoms with Crippen molar-refractivity contribution < 1.29 is 0 Å². The molecule has 0 bridgehead atoms. The van der Waals surface area contributed by atoms with Gasteiger partial charge in [0.05, 0.1) is 18.2 Å². The molecule has 0 spiro atoms. The normalized spacial score (nSPS) is 11.5. The predicted molar refractivity (Wildman–Crippen MR) is 264 cm³/mol. The van der Waals surface area contributed by atoms with Gasteiger partial charge in [0.2, 0.25) is 0 Å². The third kappa shape index (κ3) is 10.9. The molecule has 306 valence electrons. The fraction of sp³-hybridized carbons (Fsp3) is 0.143. The van der Waals surface area contributed by atoms with Gasteiger partial charge in [0.25, 0.3) is 0 Å². The van der Waals surface area contributed by atoms with Crippen LogP contribution < -0.4 is 20.4 Å². The molecule has 0 aliphatic heterocycles. The minimum atomic E-state index is -0.0328. The zero-order chi connectivity index (χ0) is 43.7. The molecule has 6 nitrogen and oxygen atoms in total. The average Bonchev–Trinajstić information content (AvgIpc) is 3.27. The molecule has 7 rings (SSSR count). The molecule has 0 atom stereocenters. The van der Waals surface area contributed by atoms with Crippen molar-refractivity contribution >= 4 is 75.5 Å². The van der Waals surface area contributed by atoms with E-state index in [0.717, 1.165) is 56.6 Å². The second kappa shape index (κ2) is 18.6. The van der Waals surface area contributed by atoms with Crippen LogP contribution in [0.3, 0.4) is 0 Å². The second-order valence-electron chi connectivity index (χ2n) is 17.3. The average molecular weight is 809 g/mol. The molecule has 7 aromatic carbocycles. The molecule has 0 aromatic heterocycles. The highest BCUT2D eigenvalue weighted by Gasteiger charge is 2.16. The standard InChI is InChI=1S/C56H52N6/c1-55(2,3)59-46-26-34-52(35-27-46)61(48-14-10-8-11-15-48)50-30-20-41(21-31-50)18-24-43-39-54(58-7)44(38-45(43)40-57)25-19-42-22-32-51(33-23-42)62(49-16-12-9-13-17-49)53-36-28-47(29-37-53)60-56(4,5)6/h8-39,59-60H,1-6H3. The number of hydrogen-bond donors (Lipinski definition) is 2. The maximum absolute atomic E-state index is 10.2. The molecule has 62 heavy (non-hydrogen) atoms. The Balaban J connectivity index is 1.09. The van der Waals surface area contributed by atoms with Gasteiger partial charge in [-0.3, -0.25) is 0 Å². The summed E-state index contributed by atoms with van der Waals surface area (Å²) < 4.78 is 0. The van der Waals surface area contributed by atoms with E-state index in [1.165, 1.54) is 0 Å². The predicted octanol–water partition coefficient (Wildman–Crippen LogP) is 15.8. The van der Waals surface area contributed by atoms with E-state index in [1.54, 1.807) is 12.1 Å². The molecule has 0 saturated heterocycles. The Morgan fingerprint density at radius 1 is 0.468 bits per heavy atom. The second-order valence-corrected chi connectivity index (χ2v) is 17.3. The Labute approximate surface area is 367 Å². The third-order valence-electron chi connectivity index (χ3n) is 9.97. The summed E-state index contributed by atoms with van der Waals surface area (Å²) in [6, 6.07) is 60.3. The Hall–Kier alpha value is -7.80. The van der Waals surface area contributed by atoms with Crippen molar-refractivity contribution in [2.45, 2.75) is 52.6 Å². The van der Waals surface area contributed by atoms with Crippen LogP contribution in [-0.4, -0.2) is 11.1 Å². The minimum Gasteiger partial charge on any atom is -0.380 e. The van der Waals surface area contributed by atoms with Gasteiger partial charge in [-0.25, -0.2) is 4.85 Å². The van der Waals surface area contributed by atoms with E-state index in [2.05, 4.69) is 194 Å². The summed E-state index contributed by atoms with van der Waals surface area (Å²) in [5, 5.41) is 17.3. The van der Waals surface area contributed by atoms with Crippen LogP contribution in [0.2, 0.25) is 0 Å². The van der Waals surface area contributed by atoms with Crippen molar-refractivity contribution in [3.05, 3.63) is 209 Å². The maximum atomic E-state index is 10.2. The summed E-state index contributed by atoms with van der Waals surface area (Å²) >= 11 is 0. The van der Waals surface area contributed by atoms with E-state index in [4.69, 9.17) is 6.57 Å². The van der Waals surface area contributed by atoms with Crippen LogP contribution in [0.25, 0.3) is 29.1 Å². The summed E-state index contributed by atoms with van der Waals surface area (Å²) in [7, 11) is 0. The molecule has 0 saturated carbocycles. The van der Waals surface area contributed by atoms with Crippen molar-refractivity contribution in [2.24, 2.45) is 0 Å². The number of anilines is 8. The maximum Gasteiger partial charge on any atom is 0.194 e. The van der Waals surface area contributed by atoms with Gasteiger partial charge in [-0.2, -0.15) is 5.26 Å². The summed E-state index contributed by atoms with van der Waals surface area (Å²) in [5.74, 6) is 0. The Kier molecular flexibility index (Phi) is 12.7. The van der Waals surface area contributed by atoms with Crippen LogP contribution in [0.5, 0.6) is 0 Å². The SMILES string of the molecule is [C-]#[N+]c1cc(C=Cc2ccc(N(c3ccccc3)c3ccc(NC(C)(C)C)cc3)cc2)c(C#N)cc1C=Cc1ccc(N(c2ccccc2)c2ccc(NC(C)(C)C)cc2)cc1. The Morgan fingerprint density at radius 2 is 0.823 bits per heavy atom. The fourth-order valence-corrected chi connectivity index (χ4v) is 7.23. The van der Waals surface area contributed by atoms with Gasteiger partial charge in [0.15, 0.2) is 5.69 Å². The molecule has 2 N–H and O–H groups in total. The number of nitrogens with one attached hydrogen (secondary N) is 2. The number of hydrogen-bond acceptors (Lipinski definition) is 5. The van der Waals surface area contributed by atoms with E-state index in [-0.39, 0.29) is 11.1 Å². The van der Waals surface area contributed by atoms with E-state index in [0.29, 0.717) is 22.4 Å². The lowest BCUT2D eigenvalue weighted by Crippen LogP contribution is -2.25. The molecular weight excluding hydrogens is 757 g/mol. The summed E-state index contributed by atoms with van der Waals surface area (Å²) in [4.78, 5) is 8.31. The van der Waals surface area contributed by atoms with Crippen LogP contribution in [-0.2, 0) is 0 Å². The highest BCUT2D eigenvalue weighted by atomic mass is 15.1. The van der Waals surface area contributed by atoms with Crippen LogP contribution in [0.15, 0.2) is 170 Å². The van der Waals surface area contributed by atoms with Crippen LogP contribution in [0.4, 0.5) is 51.2 Å². The van der Waals surface area contributed by atoms with Gasteiger partial charge in [-0.05, 0) is 173 Å². The Morgan fingerprint density at radius 3 is 1.18 bits per heavy atom. The van der Waals surface area contributed by atoms with Crippen LogP contribution in [0, 0.1) is 17.9 Å². The molecule has 0 aliphatic rings. The fourth-order valence-electron chi connectivity index (χ4n) is 7.23. The number of nitrogens with zero attached hydrogens (tertiary/aromatic N) is 4. The molecule has 7 aromatic rings. The van der Waals surface area contributed by atoms with Crippen molar-refractivity contribution in [2.75, 3.05) is 20.4 Å². The van der Waals surface area contributed by atoms with Gasteiger partial charge in [-0.1, -0.05) is 85.0 Å². The van der Waals surface area contributed by atoms with Crippen molar-refractivity contribution in [3.8, 4) is 6.07 Å². The smallest absolute Gasteiger partial charge is 0.194 e. The first-order chi connectivity index (χ1) is 29.9. The largest absolute Gasteiger partial charge is 0.380 e. The first-order valence-electron chi connectivity index (χ1n) is 20.8. The van der Waals surface area contributed by atoms with Gasteiger partial charge in [-0.15, -0.1) is 0 Å². The van der Waals surface area contributed by atoms with Gasteiger partial charge < -0.3 is 20.4 Å². The summed E-state index contributed by atoms with van der Waals surface area (Å²) in [5.41, 5.74) is 12.7. The van der Waals surface area contributed by atoms with E-state index in [9.17, 15) is 5.26 Å². The number of para-hydroxylation sites is 2. The van der Waals surface area contributed by atoms with E-state index < -0.39 is 0 Å². The lowest BCUT2D eigenvalue weighted by molar-refractivity contribution is 0.633.